The highest BCUT2D eigenvalue weighted by Crippen LogP contribution is 2.27. The van der Waals surface area contributed by atoms with Crippen molar-refractivity contribution in [1.82, 2.24) is 20.4 Å². The minimum absolute atomic E-state index is 0.0580. The van der Waals surface area contributed by atoms with Crippen LogP contribution in [0.4, 0.5) is 9.59 Å². The van der Waals surface area contributed by atoms with Gasteiger partial charge in [0.15, 0.2) is 0 Å². The van der Waals surface area contributed by atoms with Gasteiger partial charge in [0.2, 0.25) is 11.8 Å². The molecule has 10 heteroatoms. The smallest absolute Gasteiger partial charge is 0.407 e. The number of unbranched alkanes of at least 4 members (excludes halogenated alkanes) is 2. The maximum Gasteiger partial charge on any atom is 0.407 e. The van der Waals surface area contributed by atoms with Crippen molar-refractivity contribution in [3.05, 3.63) is 60.7 Å². The van der Waals surface area contributed by atoms with Gasteiger partial charge in [-0.3, -0.25) is 9.59 Å². The molecule has 0 saturated carbocycles. The van der Waals surface area contributed by atoms with E-state index in [4.69, 9.17) is 9.47 Å². The fraction of sp³-hybridized carbons (Fsp3) is 0.562. The standard InChI is InChI=1S/C32H50N4O6/c1-9-13-18-35(27(37)11-3)20-22-41-29(39)33-31(5,6)25-16-15-17-26(24-25)32(7,8)34-30(40)42-23-21-36(19-14-10-2)28(38)12-4/h11-12,15-17,24H,3-4,9-10,13-14,18-23H2,1-2,5-8H3,(H,33,39)(H,34,40). The first-order valence-electron chi connectivity index (χ1n) is 14.6. The van der Waals surface area contributed by atoms with Crippen LogP contribution >= 0.6 is 0 Å². The highest BCUT2D eigenvalue weighted by Gasteiger charge is 2.28. The van der Waals surface area contributed by atoms with Gasteiger partial charge in [0.25, 0.3) is 0 Å². The third-order valence-electron chi connectivity index (χ3n) is 6.86. The molecule has 234 valence electrons. The number of rotatable bonds is 18. The summed E-state index contributed by atoms with van der Waals surface area (Å²) in [5.41, 5.74) is 0.0341. The Morgan fingerprint density at radius 2 is 1.12 bits per heavy atom. The largest absolute Gasteiger partial charge is 0.448 e. The fourth-order valence-corrected chi connectivity index (χ4v) is 4.14. The zero-order chi connectivity index (χ0) is 31.8. The predicted molar refractivity (Wildman–Crippen MR) is 165 cm³/mol. The Kier molecular flexibility index (Phi) is 15.4. The number of carbonyl (C=O) groups is 4. The van der Waals surface area contributed by atoms with Gasteiger partial charge in [0.05, 0.1) is 24.2 Å². The van der Waals surface area contributed by atoms with Crippen molar-refractivity contribution in [3.63, 3.8) is 0 Å². The van der Waals surface area contributed by atoms with Crippen LogP contribution < -0.4 is 10.6 Å². The van der Waals surface area contributed by atoms with Crippen LogP contribution in [-0.2, 0) is 30.1 Å². The molecule has 0 spiro atoms. The minimum atomic E-state index is -0.790. The van der Waals surface area contributed by atoms with Gasteiger partial charge in [-0.25, -0.2) is 9.59 Å². The number of nitrogens with one attached hydrogen (secondary N) is 2. The second-order valence-corrected chi connectivity index (χ2v) is 11.1. The topological polar surface area (TPSA) is 117 Å². The Labute approximate surface area is 251 Å². The zero-order valence-corrected chi connectivity index (χ0v) is 26.3. The molecule has 0 unspecified atom stereocenters. The Balaban J connectivity index is 2.76. The molecule has 42 heavy (non-hydrogen) atoms. The molecular weight excluding hydrogens is 536 g/mol. The number of benzene rings is 1. The number of alkyl carbamates (subject to hydrolysis) is 2. The van der Waals surface area contributed by atoms with E-state index in [9.17, 15) is 19.2 Å². The molecule has 0 aliphatic heterocycles. The van der Waals surface area contributed by atoms with Gasteiger partial charge in [-0.15, -0.1) is 0 Å². The maximum atomic E-state index is 12.6. The van der Waals surface area contributed by atoms with Crippen LogP contribution in [-0.4, -0.2) is 73.2 Å². The van der Waals surface area contributed by atoms with Crippen molar-refractivity contribution in [2.24, 2.45) is 0 Å². The van der Waals surface area contributed by atoms with Crippen LogP contribution in [0.2, 0.25) is 0 Å². The van der Waals surface area contributed by atoms with Gasteiger partial charge >= 0.3 is 12.2 Å². The Hall–Kier alpha value is -3.82. The third-order valence-corrected chi connectivity index (χ3v) is 6.86. The van der Waals surface area contributed by atoms with Crippen molar-refractivity contribution >= 4 is 24.0 Å². The molecule has 0 heterocycles. The van der Waals surface area contributed by atoms with Gasteiger partial charge in [0.1, 0.15) is 13.2 Å². The average molecular weight is 587 g/mol. The molecule has 0 aliphatic rings. The van der Waals surface area contributed by atoms with E-state index in [2.05, 4.69) is 23.8 Å². The van der Waals surface area contributed by atoms with Gasteiger partial charge in [-0.05, 0) is 63.8 Å². The Morgan fingerprint density at radius 3 is 1.45 bits per heavy atom. The highest BCUT2D eigenvalue weighted by molar-refractivity contribution is 5.87. The Morgan fingerprint density at radius 1 is 0.738 bits per heavy atom. The molecule has 0 fully saturated rings. The summed E-state index contributed by atoms with van der Waals surface area (Å²) in [6.07, 6.45) is 4.91. The summed E-state index contributed by atoms with van der Waals surface area (Å²) in [5, 5.41) is 5.77. The molecule has 0 bridgehead atoms. The molecule has 0 radical (unpaired) electrons. The molecule has 0 aromatic heterocycles. The van der Waals surface area contributed by atoms with Gasteiger partial charge in [-0.2, -0.15) is 0 Å². The van der Waals surface area contributed by atoms with Crippen molar-refractivity contribution in [2.75, 3.05) is 39.4 Å². The van der Waals surface area contributed by atoms with Gasteiger partial charge in [0, 0.05) is 13.1 Å². The first-order valence-corrected chi connectivity index (χ1v) is 14.6. The van der Waals surface area contributed by atoms with Crippen LogP contribution in [0, 0.1) is 0 Å². The lowest BCUT2D eigenvalue weighted by Gasteiger charge is -2.31. The number of ether oxygens (including phenoxy) is 2. The molecule has 0 aliphatic carbocycles. The molecule has 4 amide bonds. The van der Waals surface area contributed by atoms with E-state index in [1.165, 1.54) is 12.2 Å². The molecule has 0 atom stereocenters. The van der Waals surface area contributed by atoms with E-state index in [-0.39, 0.29) is 38.1 Å². The third kappa shape index (κ3) is 12.4. The molecule has 1 aromatic carbocycles. The summed E-state index contributed by atoms with van der Waals surface area (Å²) in [6.45, 7) is 20.4. The lowest BCUT2D eigenvalue weighted by molar-refractivity contribution is -0.127. The molecular formula is C32H50N4O6. The van der Waals surface area contributed by atoms with Crippen molar-refractivity contribution in [3.8, 4) is 0 Å². The molecule has 1 rings (SSSR count). The molecule has 10 nitrogen and oxygen atoms in total. The number of nitrogens with zero attached hydrogens (tertiary/aromatic N) is 2. The number of carbonyl (C=O) groups excluding carboxylic acids is 4. The first kappa shape index (κ1) is 36.2. The summed E-state index contributed by atoms with van der Waals surface area (Å²) in [7, 11) is 0. The van der Waals surface area contributed by atoms with Crippen molar-refractivity contribution in [1.29, 1.82) is 0 Å². The molecule has 1 aromatic rings. The summed E-state index contributed by atoms with van der Waals surface area (Å²) >= 11 is 0. The zero-order valence-electron chi connectivity index (χ0n) is 26.3. The fourth-order valence-electron chi connectivity index (χ4n) is 4.14. The second kappa shape index (κ2) is 17.9. The summed E-state index contributed by atoms with van der Waals surface area (Å²) in [5.74, 6) is -0.386. The van der Waals surface area contributed by atoms with E-state index in [1.807, 2.05) is 65.8 Å². The van der Waals surface area contributed by atoms with Crippen molar-refractivity contribution in [2.45, 2.75) is 78.3 Å². The van der Waals surface area contributed by atoms with Gasteiger partial charge < -0.3 is 29.9 Å². The molecule has 2 N–H and O–H groups in total. The number of hydrogen-bond donors (Lipinski definition) is 2. The van der Waals surface area contributed by atoms with Crippen LogP contribution in [0.25, 0.3) is 0 Å². The van der Waals surface area contributed by atoms with Crippen LogP contribution in [0.5, 0.6) is 0 Å². The normalized spacial score (nSPS) is 11.2. The van der Waals surface area contributed by atoms with Gasteiger partial charge in [-0.1, -0.05) is 64.1 Å². The van der Waals surface area contributed by atoms with E-state index in [1.54, 1.807) is 9.80 Å². The van der Waals surface area contributed by atoms with E-state index < -0.39 is 23.3 Å². The second-order valence-electron chi connectivity index (χ2n) is 11.1. The van der Waals surface area contributed by atoms with E-state index in [0.717, 1.165) is 36.8 Å². The van der Waals surface area contributed by atoms with E-state index >= 15 is 0 Å². The lowest BCUT2D eigenvalue weighted by Crippen LogP contribution is -2.44. The van der Waals surface area contributed by atoms with Crippen LogP contribution in [0.15, 0.2) is 49.6 Å². The van der Waals surface area contributed by atoms with E-state index in [0.29, 0.717) is 13.1 Å². The maximum absolute atomic E-state index is 12.6. The monoisotopic (exact) mass is 586 g/mol. The average Bonchev–Trinajstić information content (AvgIpc) is 2.95. The SMILES string of the molecule is C=CC(=O)N(CCCC)CCOC(=O)NC(C)(C)c1cccc(C(C)(C)NC(=O)OCCN(CCCC)C(=O)C=C)c1. The number of amides is 4. The number of hydrogen-bond acceptors (Lipinski definition) is 6. The predicted octanol–water partition coefficient (Wildman–Crippen LogP) is 5.24. The molecule has 0 saturated heterocycles. The summed E-state index contributed by atoms with van der Waals surface area (Å²) in [6, 6.07) is 7.53. The lowest BCUT2D eigenvalue weighted by atomic mass is 9.87. The quantitative estimate of drug-likeness (QED) is 0.227. The van der Waals surface area contributed by atoms with Crippen LogP contribution in [0.3, 0.4) is 0 Å². The summed E-state index contributed by atoms with van der Waals surface area (Å²) < 4.78 is 10.7. The first-order chi connectivity index (χ1) is 19.8. The summed E-state index contributed by atoms with van der Waals surface area (Å²) in [4.78, 5) is 52.5. The van der Waals surface area contributed by atoms with Crippen molar-refractivity contribution < 1.29 is 28.7 Å². The van der Waals surface area contributed by atoms with Crippen LogP contribution in [0.1, 0.15) is 78.4 Å². The highest BCUT2D eigenvalue weighted by atomic mass is 16.6. The Bertz CT molecular complexity index is 990. The minimum Gasteiger partial charge on any atom is -0.448 e.